The molecule has 0 amide bonds. The second-order valence-electron chi connectivity index (χ2n) is 11.2. The van der Waals surface area contributed by atoms with Crippen LogP contribution >= 0.6 is 0 Å². The summed E-state index contributed by atoms with van der Waals surface area (Å²) in [6.45, 7) is 4.69. The molecular weight excluding hydrogens is 336 g/mol. The Morgan fingerprint density at radius 1 is 0.464 bits per heavy atom. The minimum absolute atomic E-state index is 1.09. The van der Waals surface area contributed by atoms with Crippen molar-refractivity contribution in [2.24, 2.45) is 35.5 Å². The van der Waals surface area contributed by atoms with Gasteiger partial charge in [-0.3, -0.25) is 0 Å². The average Bonchev–Trinajstić information content (AvgIpc) is 2.75. The Morgan fingerprint density at radius 2 is 0.964 bits per heavy atom. The summed E-state index contributed by atoms with van der Waals surface area (Å²) < 4.78 is 0. The predicted octanol–water partition coefficient (Wildman–Crippen LogP) is 9.57. The Bertz CT molecular complexity index is 383. The van der Waals surface area contributed by atoms with Crippen molar-refractivity contribution in [3.05, 3.63) is 0 Å². The fourth-order valence-corrected chi connectivity index (χ4v) is 7.43. The molecule has 0 aromatic carbocycles. The largest absolute Gasteiger partial charge is 0.0654 e. The topological polar surface area (TPSA) is 0 Å². The normalized spacial score (nSPS) is 37.1. The molecule has 0 saturated heterocycles. The molecule has 0 bridgehead atoms. The zero-order chi connectivity index (χ0) is 19.6. The number of rotatable bonds is 10. The van der Waals surface area contributed by atoms with Crippen LogP contribution in [0, 0.1) is 35.5 Å². The quantitative estimate of drug-likeness (QED) is 0.327. The van der Waals surface area contributed by atoms with E-state index < -0.39 is 0 Å². The molecule has 0 N–H and O–H groups in total. The molecule has 0 spiro atoms. The summed E-state index contributed by atoms with van der Waals surface area (Å²) in [7, 11) is 0. The maximum absolute atomic E-state index is 2.35. The molecule has 0 aromatic heterocycles. The molecule has 2 atom stereocenters. The lowest BCUT2D eigenvalue weighted by Gasteiger charge is -2.41. The van der Waals surface area contributed by atoms with Crippen LogP contribution in [0.15, 0.2) is 0 Å². The molecule has 0 aliphatic heterocycles. The summed E-state index contributed by atoms with van der Waals surface area (Å²) in [6, 6.07) is 0. The van der Waals surface area contributed by atoms with Crippen LogP contribution in [0.2, 0.25) is 0 Å². The second-order valence-corrected chi connectivity index (χ2v) is 11.2. The van der Waals surface area contributed by atoms with Crippen molar-refractivity contribution in [3.63, 3.8) is 0 Å². The molecular formula is C28H52. The van der Waals surface area contributed by atoms with Gasteiger partial charge in [0.05, 0.1) is 0 Å². The van der Waals surface area contributed by atoms with Crippen molar-refractivity contribution < 1.29 is 0 Å². The van der Waals surface area contributed by atoms with E-state index in [0.717, 1.165) is 35.5 Å². The first-order chi connectivity index (χ1) is 13.8. The summed E-state index contributed by atoms with van der Waals surface area (Å²) in [5.41, 5.74) is 0. The third-order valence-corrected chi connectivity index (χ3v) is 9.30. The Kier molecular flexibility index (Phi) is 10.2. The molecule has 0 aromatic rings. The molecule has 0 nitrogen and oxygen atoms in total. The maximum Gasteiger partial charge on any atom is -0.0383 e. The molecule has 3 rings (SSSR count). The van der Waals surface area contributed by atoms with Crippen molar-refractivity contribution in [1.29, 1.82) is 0 Å². The molecule has 3 saturated carbocycles. The standard InChI is InChI=1S/C28H52/c1-3-5-7-10-23-14-16-25(17-15-23)26-18-20-27(21-19-26)28-13-9-12-24(22-28)11-8-6-4-2/h23-28H,3-22H2,1-2H3. The third-order valence-electron chi connectivity index (χ3n) is 9.30. The van der Waals surface area contributed by atoms with Crippen LogP contribution in [0.4, 0.5) is 0 Å². The molecule has 28 heavy (non-hydrogen) atoms. The van der Waals surface area contributed by atoms with Gasteiger partial charge in [0.15, 0.2) is 0 Å². The lowest BCUT2D eigenvalue weighted by atomic mass is 9.64. The van der Waals surface area contributed by atoms with Gasteiger partial charge in [-0.1, -0.05) is 97.3 Å². The van der Waals surface area contributed by atoms with Crippen LogP contribution in [0.5, 0.6) is 0 Å². The Balaban J connectivity index is 1.33. The van der Waals surface area contributed by atoms with Crippen molar-refractivity contribution in [1.82, 2.24) is 0 Å². The van der Waals surface area contributed by atoms with Gasteiger partial charge in [-0.05, 0) is 80.5 Å². The van der Waals surface area contributed by atoms with E-state index in [2.05, 4.69) is 13.8 Å². The summed E-state index contributed by atoms with van der Waals surface area (Å²) in [5.74, 6) is 6.61. The summed E-state index contributed by atoms with van der Waals surface area (Å²) in [6.07, 6.45) is 30.7. The van der Waals surface area contributed by atoms with E-state index in [1.165, 1.54) is 44.9 Å². The molecule has 2 unspecified atom stereocenters. The highest BCUT2D eigenvalue weighted by Gasteiger charge is 2.34. The van der Waals surface area contributed by atoms with Gasteiger partial charge in [0, 0.05) is 0 Å². The van der Waals surface area contributed by atoms with Gasteiger partial charge < -0.3 is 0 Å². The Labute approximate surface area is 178 Å². The van der Waals surface area contributed by atoms with E-state index in [1.807, 2.05) is 0 Å². The van der Waals surface area contributed by atoms with Crippen molar-refractivity contribution in [2.75, 3.05) is 0 Å². The summed E-state index contributed by atoms with van der Waals surface area (Å²) >= 11 is 0. The van der Waals surface area contributed by atoms with Gasteiger partial charge in [0.25, 0.3) is 0 Å². The van der Waals surface area contributed by atoms with E-state index in [-0.39, 0.29) is 0 Å². The molecule has 0 heteroatoms. The molecule has 0 heterocycles. The van der Waals surface area contributed by atoms with E-state index >= 15 is 0 Å². The van der Waals surface area contributed by atoms with Crippen LogP contribution < -0.4 is 0 Å². The van der Waals surface area contributed by atoms with Gasteiger partial charge in [-0.15, -0.1) is 0 Å². The first-order valence-electron chi connectivity index (χ1n) is 13.8. The Hall–Kier alpha value is 0. The summed E-state index contributed by atoms with van der Waals surface area (Å²) in [5, 5.41) is 0. The highest BCUT2D eigenvalue weighted by molar-refractivity contribution is 4.86. The average molecular weight is 389 g/mol. The van der Waals surface area contributed by atoms with Gasteiger partial charge in [-0.25, -0.2) is 0 Å². The molecule has 3 fully saturated rings. The highest BCUT2D eigenvalue weighted by Crippen LogP contribution is 2.47. The fraction of sp³-hybridized carbons (Fsp3) is 1.00. The lowest BCUT2D eigenvalue weighted by Crippen LogP contribution is -2.30. The first kappa shape index (κ1) is 22.7. The van der Waals surface area contributed by atoms with Gasteiger partial charge in [-0.2, -0.15) is 0 Å². The lowest BCUT2D eigenvalue weighted by molar-refractivity contribution is 0.0980. The van der Waals surface area contributed by atoms with E-state index in [1.54, 1.807) is 83.5 Å². The van der Waals surface area contributed by atoms with Gasteiger partial charge >= 0.3 is 0 Å². The zero-order valence-electron chi connectivity index (χ0n) is 19.6. The van der Waals surface area contributed by atoms with E-state index in [0.29, 0.717) is 0 Å². The minimum Gasteiger partial charge on any atom is -0.0654 e. The molecule has 0 radical (unpaired) electrons. The molecule has 164 valence electrons. The predicted molar refractivity (Wildman–Crippen MR) is 125 cm³/mol. The smallest absolute Gasteiger partial charge is 0.0383 e. The van der Waals surface area contributed by atoms with Crippen molar-refractivity contribution >= 4 is 0 Å². The van der Waals surface area contributed by atoms with E-state index in [9.17, 15) is 0 Å². The first-order valence-corrected chi connectivity index (χ1v) is 13.8. The van der Waals surface area contributed by atoms with Crippen LogP contribution in [0.1, 0.15) is 142 Å². The van der Waals surface area contributed by atoms with Gasteiger partial charge in [0.2, 0.25) is 0 Å². The molecule has 3 aliphatic carbocycles. The Morgan fingerprint density at radius 3 is 1.54 bits per heavy atom. The van der Waals surface area contributed by atoms with Gasteiger partial charge in [0.1, 0.15) is 0 Å². The fourth-order valence-electron chi connectivity index (χ4n) is 7.43. The molecule has 3 aliphatic rings. The number of hydrogen-bond donors (Lipinski definition) is 0. The van der Waals surface area contributed by atoms with Crippen LogP contribution in [0.3, 0.4) is 0 Å². The minimum atomic E-state index is 1.09. The van der Waals surface area contributed by atoms with Crippen molar-refractivity contribution in [3.8, 4) is 0 Å². The second kappa shape index (κ2) is 12.6. The monoisotopic (exact) mass is 388 g/mol. The number of hydrogen-bond acceptors (Lipinski definition) is 0. The van der Waals surface area contributed by atoms with E-state index in [4.69, 9.17) is 0 Å². The summed E-state index contributed by atoms with van der Waals surface area (Å²) in [4.78, 5) is 0. The van der Waals surface area contributed by atoms with Crippen molar-refractivity contribution in [2.45, 2.75) is 142 Å². The van der Waals surface area contributed by atoms with Crippen LogP contribution in [0.25, 0.3) is 0 Å². The maximum atomic E-state index is 2.35. The van der Waals surface area contributed by atoms with Crippen LogP contribution in [-0.4, -0.2) is 0 Å². The number of unbranched alkanes of at least 4 members (excludes halogenated alkanes) is 4. The van der Waals surface area contributed by atoms with Crippen LogP contribution in [-0.2, 0) is 0 Å². The zero-order valence-corrected chi connectivity index (χ0v) is 19.6. The third kappa shape index (κ3) is 7.05. The SMILES string of the molecule is CCCCCC1CCC(C2CCC(C3CCCC(CCCCC)C3)CC2)CC1. The highest BCUT2D eigenvalue weighted by atomic mass is 14.4.